The molecule has 1 heterocycles. The summed E-state index contributed by atoms with van der Waals surface area (Å²) in [7, 11) is 0. The lowest BCUT2D eigenvalue weighted by molar-refractivity contribution is -0.119. The summed E-state index contributed by atoms with van der Waals surface area (Å²) in [5.74, 6) is 6.65. The zero-order chi connectivity index (χ0) is 17.2. The van der Waals surface area contributed by atoms with Gasteiger partial charge in [-0.05, 0) is 35.6 Å². The van der Waals surface area contributed by atoms with Crippen molar-refractivity contribution in [2.24, 2.45) is 5.41 Å². The van der Waals surface area contributed by atoms with Crippen molar-refractivity contribution in [3.05, 3.63) is 65.2 Å². The van der Waals surface area contributed by atoms with Gasteiger partial charge in [0, 0.05) is 17.5 Å². The fourth-order valence-corrected chi connectivity index (χ4v) is 2.82. The summed E-state index contributed by atoms with van der Waals surface area (Å²) < 4.78 is 0. The Morgan fingerprint density at radius 1 is 1.00 bits per heavy atom. The standard InChI is InChI=1S/C22H23NO/c1-22(2,3)15-14-21(24)23-16-19-10-5-4-8-17(19)12-13-18-9-6-7-11-20(18)23/h4-11H,14-16H2,1-3H3. The number of nitrogens with zero attached hydrogens (tertiary/aromatic N) is 1. The van der Waals surface area contributed by atoms with Gasteiger partial charge in [-0.1, -0.05) is 62.9 Å². The first kappa shape index (κ1) is 16.3. The molecule has 0 fully saturated rings. The first-order valence-electron chi connectivity index (χ1n) is 8.43. The molecule has 2 aromatic carbocycles. The molecule has 0 unspecified atom stereocenters. The van der Waals surface area contributed by atoms with Crippen LogP contribution < -0.4 is 4.90 Å². The fraction of sp³-hybridized carbons (Fsp3) is 0.318. The third kappa shape index (κ3) is 3.68. The van der Waals surface area contributed by atoms with E-state index in [1.165, 1.54) is 0 Å². The topological polar surface area (TPSA) is 20.3 Å². The number of para-hydroxylation sites is 1. The molecule has 0 radical (unpaired) electrons. The molecule has 0 aromatic heterocycles. The van der Waals surface area contributed by atoms with Gasteiger partial charge in [-0.25, -0.2) is 0 Å². The van der Waals surface area contributed by atoms with Crippen LogP contribution in [0.1, 0.15) is 50.3 Å². The largest absolute Gasteiger partial charge is 0.307 e. The molecule has 0 bridgehead atoms. The maximum absolute atomic E-state index is 13.0. The van der Waals surface area contributed by atoms with Gasteiger partial charge in [0.05, 0.1) is 12.2 Å². The Labute approximate surface area is 144 Å². The Hall–Kier alpha value is -2.53. The summed E-state index contributed by atoms with van der Waals surface area (Å²) >= 11 is 0. The summed E-state index contributed by atoms with van der Waals surface area (Å²) in [4.78, 5) is 14.9. The molecule has 0 saturated carbocycles. The Morgan fingerprint density at radius 2 is 1.62 bits per heavy atom. The Morgan fingerprint density at radius 3 is 2.38 bits per heavy atom. The highest BCUT2D eigenvalue weighted by Gasteiger charge is 2.22. The van der Waals surface area contributed by atoms with E-state index in [9.17, 15) is 4.79 Å². The molecular weight excluding hydrogens is 294 g/mol. The maximum Gasteiger partial charge on any atom is 0.227 e. The monoisotopic (exact) mass is 317 g/mol. The van der Waals surface area contributed by atoms with E-state index in [2.05, 4.69) is 38.7 Å². The van der Waals surface area contributed by atoms with Crippen LogP contribution in [0, 0.1) is 17.3 Å². The number of benzene rings is 2. The average molecular weight is 317 g/mol. The van der Waals surface area contributed by atoms with Gasteiger partial charge in [0.2, 0.25) is 5.91 Å². The van der Waals surface area contributed by atoms with Gasteiger partial charge >= 0.3 is 0 Å². The van der Waals surface area contributed by atoms with Crippen molar-refractivity contribution in [2.45, 2.75) is 40.2 Å². The molecule has 1 aliphatic rings. The van der Waals surface area contributed by atoms with Crippen LogP contribution in [0.4, 0.5) is 5.69 Å². The molecule has 0 saturated heterocycles. The highest BCUT2D eigenvalue weighted by atomic mass is 16.2. The summed E-state index contributed by atoms with van der Waals surface area (Å²) in [6.07, 6.45) is 1.42. The predicted octanol–water partition coefficient (Wildman–Crippen LogP) is 4.76. The second-order valence-corrected chi connectivity index (χ2v) is 7.46. The molecule has 2 nitrogen and oxygen atoms in total. The lowest BCUT2D eigenvalue weighted by Gasteiger charge is -2.27. The van der Waals surface area contributed by atoms with Gasteiger partial charge in [-0.15, -0.1) is 0 Å². The highest BCUT2D eigenvalue weighted by molar-refractivity contribution is 5.95. The van der Waals surface area contributed by atoms with Gasteiger partial charge in [0.1, 0.15) is 0 Å². The molecule has 24 heavy (non-hydrogen) atoms. The number of amides is 1. The smallest absolute Gasteiger partial charge is 0.227 e. The summed E-state index contributed by atoms with van der Waals surface area (Å²) in [5, 5.41) is 0. The molecule has 0 atom stereocenters. The van der Waals surface area contributed by atoms with Crippen LogP contribution in [-0.4, -0.2) is 5.91 Å². The van der Waals surface area contributed by atoms with Crippen molar-refractivity contribution in [3.63, 3.8) is 0 Å². The third-order valence-corrected chi connectivity index (χ3v) is 4.26. The van der Waals surface area contributed by atoms with E-state index in [1.54, 1.807) is 0 Å². The van der Waals surface area contributed by atoms with Crippen LogP contribution in [0.3, 0.4) is 0 Å². The molecule has 2 heteroatoms. The van der Waals surface area contributed by atoms with E-state index in [0.29, 0.717) is 13.0 Å². The number of anilines is 1. The summed E-state index contributed by atoms with van der Waals surface area (Å²) in [5.41, 5.74) is 4.08. The van der Waals surface area contributed by atoms with Crippen LogP contribution in [0.5, 0.6) is 0 Å². The summed E-state index contributed by atoms with van der Waals surface area (Å²) in [6.45, 7) is 7.08. The normalized spacial score (nSPS) is 13.0. The van der Waals surface area contributed by atoms with Gasteiger partial charge in [0.25, 0.3) is 0 Å². The molecule has 122 valence electrons. The van der Waals surface area contributed by atoms with E-state index in [1.807, 2.05) is 47.4 Å². The minimum atomic E-state index is 0.148. The molecule has 2 aromatic rings. The summed E-state index contributed by atoms with van der Waals surface area (Å²) in [6, 6.07) is 16.0. The van der Waals surface area contributed by atoms with Crippen LogP contribution in [0.25, 0.3) is 0 Å². The quantitative estimate of drug-likeness (QED) is 0.731. The van der Waals surface area contributed by atoms with Crippen LogP contribution >= 0.6 is 0 Å². The molecule has 1 amide bonds. The predicted molar refractivity (Wildman–Crippen MR) is 98.7 cm³/mol. The zero-order valence-electron chi connectivity index (χ0n) is 14.6. The van der Waals surface area contributed by atoms with Crippen LogP contribution in [-0.2, 0) is 11.3 Å². The number of hydrogen-bond acceptors (Lipinski definition) is 1. The van der Waals surface area contributed by atoms with Crippen molar-refractivity contribution < 1.29 is 4.79 Å². The highest BCUT2D eigenvalue weighted by Crippen LogP contribution is 2.28. The Balaban J connectivity index is 2.00. The Kier molecular flexibility index (Phi) is 4.44. The molecule has 3 rings (SSSR count). The number of fused-ring (bicyclic) bond motifs is 2. The minimum absolute atomic E-state index is 0.148. The zero-order valence-corrected chi connectivity index (χ0v) is 14.6. The molecular formula is C22H23NO. The lowest BCUT2D eigenvalue weighted by atomic mass is 9.90. The van der Waals surface area contributed by atoms with Crippen molar-refractivity contribution in [3.8, 4) is 11.8 Å². The number of carbonyl (C=O) groups is 1. The number of hydrogen-bond donors (Lipinski definition) is 0. The first-order chi connectivity index (χ1) is 11.4. The minimum Gasteiger partial charge on any atom is -0.307 e. The van der Waals surface area contributed by atoms with E-state index in [0.717, 1.165) is 28.8 Å². The molecule has 0 aliphatic carbocycles. The van der Waals surface area contributed by atoms with E-state index in [4.69, 9.17) is 0 Å². The van der Waals surface area contributed by atoms with E-state index in [-0.39, 0.29) is 11.3 Å². The van der Waals surface area contributed by atoms with Crippen molar-refractivity contribution in [1.82, 2.24) is 0 Å². The fourth-order valence-electron chi connectivity index (χ4n) is 2.82. The third-order valence-electron chi connectivity index (χ3n) is 4.26. The average Bonchev–Trinajstić information content (AvgIpc) is 2.54. The maximum atomic E-state index is 13.0. The van der Waals surface area contributed by atoms with Gasteiger partial charge < -0.3 is 4.90 Å². The number of carbonyl (C=O) groups excluding carboxylic acids is 1. The SMILES string of the molecule is CC(C)(C)CCC(=O)N1Cc2ccccc2C#Cc2ccccc21. The number of rotatable bonds is 2. The second-order valence-electron chi connectivity index (χ2n) is 7.46. The van der Waals surface area contributed by atoms with Crippen LogP contribution in [0.15, 0.2) is 48.5 Å². The molecule has 1 aliphatic heterocycles. The van der Waals surface area contributed by atoms with Gasteiger partial charge in [-0.2, -0.15) is 0 Å². The van der Waals surface area contributed by atoms with Crippen molar-refractivity contribution in [2.75, 3.05) is 4.90 Å². The Bertz CT molecular complexity index is 818. The first-order valence-corrected chi connectivity index (χ1v) is 8.43. The van der Waals surface area contributed by atoms with Gasteiger partial charge in [-0.3, -0.25) is 4.79 Å². The molecule has 0 N–H and O–H groups in total. The second kappa shape index (κ2) is 6.53. The van der Waals surface area contributed by atoms with E-state index >= 15 is 0 Å². The van der Waals surface area contributed by atoms with Crippen LogP contribution in [0.2, 0.25) is 0 Å². The lowest BCUT2D eigenvalue weighted by Crippen LogP contribution is -2.32. The van der Waals surface area contributed by atoms with Gasteiger partial charge in [0.15, 0.2) is 0 Å². The van der Waals surface area contributed by atoms with Crippen molar-refractivity contribution in [1.29, 1.82) is 0 Å². The van der Waals surface area contributed by atoms with Crippen molar-refractivity contribution >= 4 is 11.6 Å². The van der Waals surface area contributed by atoms with E-state index < -0.39 is 0 Å². The molecule has 0 spiro atoms.